The summed E-state index contributed by atoms with van der Waals surface area (Å²) in [6.45, 7) is 0. The lowest BCUT2D eigenvalue weighted by molar-refractivity contribution is 1.64. The predicted molar refractivity (Wildman–Crippen MR) is 75.0 cm³/mol. The van der Waals surface area contributed by atoms with Gasteiger partial charge < -0.3 is 0 Å². The molecular formula is C14H9BrS. The standard InChI is InChI=1S/C14H9BrS/c15-11-7-5-10(6-8-11)13-9-16-14-4-2-1-3-12(13)14/h1-9H. The number of benzene rings is 2. The zero-order chi connectivity index (χ0) is 11.0. The fourth-order valence-corrected chi connectivity index (χ4v) is 3.07. The molecule has 0 radical (unpaired) electrons. The van der Waals surface area contributed by atoms with Crippen LogP contribution < -0.4 is 0 Å². The summed E-state index contributed by atoms with van der Waals surface area (Å²) in [7, 11) is 0. The van der Waals surface area contributed by atoms with Crippen LogP contribution in [0.25, 0.3) is 21.2 Å². The van der Waals surface area contributed by atoms with Crippen LogP contribution in [0.3, 0.4) is 0 Å². The maximum absolute atomic E-state index is 3.46. The minimum Gasteiger partial charge on any atom is -0.143 e. The molecule has 78 valence electrons. The van der Waals surface area contributed by atoms with Crippen molar-refractivity contribution in [3.05, 3.63) is 58.4 Å². The molecule has 0 aliphatic rings. The summed E-state index contributed by atoms with van der Waals surface area (Å²) in [5, 5.41) is 3.57. The molecule has 16 heavy (non-hydrogen) atoms. The summed E-state index contributed by atoms with van der Waals surface area (Å²) in [6.07, 6.45) is 0. The van der Waals surface area contributed by atoms with E-state index >= 15 is 0 Å². The largest absolute Gasteiger partial charge is 0.143 e. The summed E-state index contributed by atoms with van der Waals surface area (Å²) in [6, 6.07) is 17.0. The molecule has 0 aliphatic heterocycles. The molecule has 0 aliphatic carbocycles. The Morgan fingerprint density at radius 2 is 1.62 bits per heavy atom. The summed E-state index contributed by atoms with van der Waals surface area (Å²) in [5.41, 5.74) is 2.61. The van der Waals surface area contributed by atoms with E-state index in [2.05, 4.69) is 69.8 Å². The zero-order valence-corrected chi connectivity index (χ0v) is 10.9. The molecule has 2 aromatic carbocycles. The second-order valence-corrected chi connectivity index (χ2v) is 5.48. The number of thiophene rings is 1. The summed E-state index contributed by atoms with van der Waals surface area (Å²) in [5.74, 6) is 0. The van der Waals surface area contributed by atoms with Crippen molar-refractivity contribution >= 4 is 37.4 Å². The second kappa shape index (κ2) is 4.04. The molecule has 3 aromatic rings. The molecule has 0 N–H and O–H groups in total. The highest BCUT2D eigenvalue weighted by atomic mass is 79.9. The van der Waals surface area contributed by atoms with Gasteiger partial charge >= 0.3 is 0 Å². The van der Waals surface area contributed by atoms with E-state index in [9.17, 15) is 0 Å². The van der Waals surface area contributed by atoms with Gasteiger partial charge in [-0.25, -0.2) is 0 Å². The quantitative estimate of drug-likeness (QED) is 0.568. The van der Waals surface area contributed by atoms with Gasteiger partial charge in [-0.1, -0.05) is 46.3 Å². The average molecular weight is 289 g/mol. The van der Waals surface area contributed by atoms with E-state index in [4.69, 9.17) is 0 Å². The Labute approximate surface area is 107 Å². The molecule has 0 nitrogen and oxygen atoms in total. The van der Waals surface area contributed by atoms with Gasteiger partial charge in [0.15, 0.2) is 0 Å². The second-order valence-electron chi connectivity index (χ2n) is 3.65. The molecule has 0 saturated heterocycles. The van der Waals surface area contributed by atoms with Crippen LogP contribution in [-0.4, -0.2) is 0 Å². The van der Waals surface area contributed by atoms with Crippen molar-refractivity contribution < 1.29 is 0 Å². The Morgan fingerprint density at radius 3 is 2.44 bits per heavy atom. The van der Waals surface area contributed by atoms with Crippen molar-refractivity contribution in [2.24, 2.45) is 0 Å². The first-order valence-electron chi connectivity index (χ1n) is 5.07. The van der Waals surface area contributed by atoms with E-state index in [1.54, 1.807) is 11.3 Å². The van der Waals surface area contributed by atoms with Crippen LogP contribution in [0.2, 0.25) is 0 Å². The smallest absolute Gasteiger partial charge is 0.0349 e. The Hall–Kier alpha value is -1.12. The SMILES string of the molecule is Brc1ccc(-c2csc3ccccc23)cc1. The topological polar surface area (TPSA) is 0 Å². The van der Waals surface area contributed by atoms with E-state index in [-0.39, 0.29) is 0 Å². The summed E-state index contributed by atoms with van der Waals surface area (Å²) >= 11 is 5.26. The predicted octanol–water partition coefficient (Wildman–Crippen LogP) is 5.33. The normalized spacial score (nSPS) is 10.8. The summed E-state index contributed by atoms with van der Waals surface area (Å²) in [4.78, 5) is 0. The Morgan fingerprint density at radius 1 is 0.875 bits per heavy atom. The zero-order valence-electron chi connectivity index (χ0n) is 8.48. The molecule has 3 rings (SSSR count). The average Bonchev–Trinajstić information content (AvgIpc) is 2.74. The molecule has 1 heterocycles. The molecule has 0 fully saturated rings. The van der Waals surface area contributed by atoms with E-state index in [1.165, 1.54) is 21.2 Å². The van der Waals surface area contributed by atoms with E-state index < -0.39 is 0 Å². The first-order chi connectivity index (χ1) is 7.84. The number of rotatable bonds is 1. The Bertz CT molecular complexity index is 623. The molecule has 0 amide bonds. The summed E-state index contributed by atoms with van der Waals surface area (Å²) < 4.78 is 2.47. The van der Waals surface area contributed by atoms with Gasteiger partial charge in [0.2, 0.25) is 0 Å². The van der Waals surface area contributed by atoms with Gasteiger partial charge in [0.05, 0.1) is 0 Å². The van der Waals surface area contributed by atoms with Crippen molar-refractivity contribution in [1.82, 2.24) is 0 Å². The first kappa shape index (κ1) is 10.1. The van der Waals surface area contributed by atoms with Crippen LogP contribution in [0.1, 0.15) is 0 Å². The van der Waals surface area contributed by atoms with E-state index in [0.717, 1.165) is 4.47 Å². The van der Waals surface area contributed by atoms with Crippen molar-refractivity contribution in [2.75, 3.05) is 0 Å². The van der Waals surface area contributed by atoms with Gasteiger partial charge in [-0.05, 0) is 29.1 Å². The van der Waals surface area contributed by atoms with Gasteiger partial charge in [-0.3, -0.25) is 0 Å². The molecule has 2 heteroatoms. The van der Waals surface area contributed by atoms with Gasteiger partial charge in [0, 0.05) is 20.1 Å². The minimum absolute atomic E-state index is 1.12. The third kappa shape index (κ3) is 1.68. The van der Waals surface area contributed by atoms with Crippen LogP contribution in [-0.2, 0) is 0 Å². The van der Waals surface area contributed by atoms with Crippen LogP contribution in [0.4, 0.5) is 0 Å². The van der Waals surface area contributed by atoms with E-state index in [1.807, 2.05) is 0 Å². The molecular weight excluding hydrogens is 280 g/mol. The van der Waals surface area contributed by atoms with Crippen molar-refractivity contribution in [2.45, 2.75) is 0 Å². The monoisotopic (exact) mass is 288 g/mol. The van der Waals surface area contributed by atoms with Gasteiger partial charge in [0.1, 0.15) is 0 Å². The fourth-order valence-electron chi connectivity index (χ4n) is 1.83. The third-order valence-electron chi connectivity index (χ3n) is 2.64. The van der Waals surface area contributed by atoms with Crippen molar-refractivity contribution in [3.63, 3.8) is 0 Å². The van der Waals surface area contributed by atoms with Gasteiger partial charge in [-0.15, -0.1) is 11.3 Å². The van der Waals surface area contributed by atoms with Gasteiger partial charge in [-0.2, -0.15) is 0 Å². The highest BCUT2D eigenvalue weighted by Gasteiger charge is 2.04. The van der Waals surface area contributed by atoms with Crippen LogP contribution in [0.15, 0.2) is 58.4 Å². The first-order valence-corrected chi connectivity index (χ1v) is 6.74. The van der Waals surface area contributed by atoms with Crippen molar-refractivity contribution in [3.8, 4) is 11.1 Å². The Kier molecular flexibility index (Phi) is 2.54. The molecule has 0 unspecified atom stereocenters. The third-order valence-corrected chi connectivity index (χ3v) is 4.13. The lowest BCUT2D eigenvalue weighted by atomic mass is 10.1. The Balaban J connectivity index is 2.22. The lowest BCUT2D eigenvalue weighted by Crippen LogP contribution is -1.74. The number of halogens is 1. The molecule has 1 aromatic heterocycles. The number of hydrogen-bond acceptors (Lipinski definition) is 1. The highest BCUT2D eigenvalue weighted by Crippen LogP contribution is 2.34. The maximum atomic E-state index is 3.46. The molecule has 0 bridgehead atoms. The van der Waals surface area contributed by atoms with E-state index in [0.29, 0.717) is 0 Å². The molecule has 0 atom stereocenters. The van der Waals surface area contributed by atoms with Crippen LogP contribution in [0, 0.1) is 0 Å². The molecule has 0 saturated carbocycles. The van der Waals surface area contributed by atoms with Crippen LogP contribution >= 0.6 is 27.3 Å². The maximum Gasteiger partial charge on any atom is 0.0349 e. The molecule has 0 spiro atoms. The minimum atomic E-state index is 1.12. The highest BCUT2D eigenvalue weighted by molar-refractivity contribution is 9.10. The number of hydrogen-bond donors (Lipinski definition) is 0. The lowest BCUT2D eigenvalue weighted by Gasteiger charge is -1.99. The number of fused-ring (bicyclic) bond motifs is 1. The van der Waals surface area contributed by atoms with Crippen molar-refractivity contribution in [1.29, 1.82) is 0 Å². The van der Waals surface area contributed by atoms with Crippen LogP contribution in [0.5, 0.6) is 0 Å². The fraction of sp³-hybridized carbons (Fsp3) is 0. The van der Waals surface area contributed by atoms with Gasteiger partial charge in [0.25, 0.3) is 0 Å².